The normalized spacial score (nSPS) is 53.0. The van der Waals surface area contributed by atoms with Crippen LogP contribution >= 0.6 is 0 Å². The summed E-state index contributed by atoms with van der Waals surface area (Å²) in [5.74, 6) is 3.37. The summed E-state index contributed by atoms with van der Waals surface area (Å²) in [6, 6.07) is 0. The number of hydrogen-bond acceptors (Lipinski definition) is 3. The van der Waals surface area contributed by atoms with Crippen molar-refractivity contribution in [3.8, 4) is 0 Å². The van der Waals surface area contributed by atoms with E-state index in [0.717, 1.165) is 62.4 Å². The van der Waals surface area contributed by atoms with Crippen LogP contribution in [0.3, 0.4) is 0 Å². The predicted molar refractivity (Wildman–Crippen MR) is 120 cm³/mol. The minimum absolute atomic E-state index is 0.330. The lowest BCUT2D eigenvalue weighted by molar-refractivity contribution is -0.0666. The summed E-state index contributed by atoms with van der Waals surface area (Å²) in [5.41, 5.74) is 1.37. The zero-order chi connectivity index (χ0) is 21.2. The van der Waals surface area contributed by atoms with Gasteiger partial charge in [0, 0.05) is 13.0 Å². The summed E-state index contributed by atoms with van der Waals surface area (Å²) in [6.45, 7) is 8.46. The Morgan fingerprint density at radius 1 is 1.00 bits per heavy atom. The van der Waals surface area contributed by atoms with Crippen LogP contribution in [0.2, 0.25) is 0 Å². The summed E-state index contributed by atoms with van der Waals surface area (Å²) >= 11 is 0. The summed E-state index contributed by atoms with van der Waals surface area (Å²) in [5, 5.41) is 21.3. The van der Waals surface area contributed by atoms with Gasteiger partial charge in [0.05, 0.1) is 17.8 Å². The molecule has 6 unspecified atom stereocenters. The van der Waals surface area contributed by atoms with Crippen LogP contribution in [-0.2, 0) is 4.74 Å². The molecule has 5 aliphatic rings. The minimum atomic E-state index is -0.544. The quantitative estimate of drug-likeness (QED) is 0.583. The molecule has 8 atom stereocenters. The maximum absolute atomic E-state index is 10.7. The Bertz CT molecular complexity index is 690. The third-order valence-electron chi connectivity index (χ3n) is 10.9. The van der Waals surface area contributed by atoms with Crippen LogP contribution in [0.4, 0.5) is 0 Å². The van der Waals surface area contributed by atoms with Gasteiger partial charge < -0.3 is 14.9 Å². The van der Waals surface area contributed by atoms with Crippen LogP contribution in [0.1, 0.15) is 97.8 Å². The van der Waals surface area contributed by atoms with E-state index in [9.17, 15) is 10.2 Å². The van der Waals surface area contributed by atoms with Crippen molar-refractivity contribution in [1.29, 1.82) is 0 Å². The second kappa shape index (κ2) is 7.32. The SMILES string of the molecule is CC12CC[C@](C)(O)CC1=CCC1C2CC[C@]2(C)C(CCCC3(O)CCOC3)CCC12. The van der Waals surface area contributed by atoms with E-state index in [4.69, 9.17) is 4.74 Å². The molecule has 3 nitrogen and oxygen atoms in total. The van der Waals surface area contributed by atoms with E-state index in [2.05, 4.69) is 19.9 Å². The van der Waals surface area contributed by atoms with Gasteiger partial charge in [-0.3, -0.25) is 0 Å². The minimum Gasteiger partial charge on any atom is -0.390 e. The van der Waals surface area contributed by atoms with Gasteiger partial charge in [0.2, 0.25) is 0 Å². The van der Waals surface area contributed by atoms with Crippen molar-refractivity contribution < 1.29 is 14.9 Å². The molecular formula is C27H44O3. The van der Waals surface area contributed by atoms with E-state index >= 15 is 0 Å². The first-order chi connectivity index (χ1) is 14.2. The van der Waals surface area contributed by atoms with E-state index in [1.54, 1.807) is 5.57 Å². The molecule has 1 saturated heterocycles. The van der Waals surface area contributed by atoms with Crippen molar-refractivity contribution in [2.24, 2.45) is 34.5 Å². The lowest BCUT2D eigenvalue weighted by Crippen LogP contribution is -2.51. The van der Waals surface area contributed by atoms with Crippen molar-refractivity contribution in [2.75, 3.05) is 13.2 Å². The largest absolute Gasteiger partial charge is 0.390 e. The Morgan fingerprint density at radius 2 is 1.83 bits per heavy atom. The van der Waals surface area contributed by atoms with Crippen LogP contribution in [0.15, 0.2) is 11.6 Å². The second-order valence-corrected chi connectivity index (χ2v) is 12.7. The van der Waals surface area contributed by atoms with Crippen molar-refractivity contribution in [3.05, 3.63) is 11.6 Å². The topological polar surface area (TPSA) is 49.7 Å². The first-order valence-electron chi connectivity index (χ1n) is 12.9. The Hall–Kier alpha value is -0.380. The highest BCUT2D eigenvalue weighted by molar-refractivity contribution is 5.26. The van der Waals surface area contributed by atoms with Crippen molar-refractivity contribution in [2.45, 2.75) is 109 Å². The molecule has 1 heterocycles. The number of allylic oxidation sites excluding steroid dienone is 1. The molecule has 0 bridgehead atoms. The van der Waals surface area contributed by atoms with Gasteiger partial charge in [-0.15, -0.1) is 0 Å². The Balaban J connectivity index is 1.27. The molecule has 4 fully saturated rings. The molecule has 0 aromatic heterocycles. The molecule has 0 aromatic rings. The molecular weight excluding hydrogens is 372 g/mol. The van der Waals surface area contributed by atoms with Gasteiger partial charge in [-0.1, -0.05) is 31.9 Å². The molecule has 0 aromatic carbocycles. The van der Waals surface area contributed by atoms with Gasteiger partial charge in [0.1, 0.15) is 0 Å². The molecule has 0 spiro atoms. The molecule has 0 amide bonds. The predicted octanol–water partition coefficient (Wildman–Crippen LogP) is 5.64. The fourth-order valence-electron chi connectivity index (χ4n) is 8.86. The Labute approximate surface area is 183 Å². The summed E-state index contributed by atoms with van der Waals surface area (Å²) in [4.78, 5) is 0. The smallest absolute Gasteiger partial charge is 0.0902 e. The van der Waals surface area contributed by atoms with Gasteiger partial charge in [0.15, 0.2) is 0 Å². The molecule has 3 saturated carbocycles. The molecule has 5 rings (SSSR count). The summed E-state index contributed by atoms with van der Waals surface area (Å²) < 4.78 is 5.44. The fourth-order valence-corrected chi connectivity index (χ4v) is 8.86. The summed E-state index contributed by atoms with van der Waals surface area (Å²) in [6.07, 6.45) is 16.6. The Kier molecular flexibility index (Phi) is 5.24. The number of rotatable bonds is 4. The zero-order valence-electron chi connectivity index (χ0n) is 19.6. The van der Waals surface area contributed by atoms with Crippen molar-refractivity contribution >= 4 is 0 Å². The Morgan fingerprint density at radius 3 is 2.60 bits per heavy atom. The van der Waals surface area contributed by atoms with Gasteiger partial charge in [-0.2, -0.15) is 0 Å². The number of hydrogen-bond donors (Lipinski definition) is 2. The van der Waals surface area contributed by atoms with E-state index in [0.29, 0.717) is 17.4 Å². The average Bonchev–Trinajstić information content (AvgIpc) is 3.26. The molecule has 0 radical (unpaired) electrons. The van der Waals surface area contributed by atoms with E-state index in [1.165, 1.54) is 44.9 Å². The fraction of sp³-hybridized carbons (Fsp3) is 0.926. The standard InChI is InChI=1S/C27H44O3/c1-24(28)13-14-26(3)20(17-24)6-8-21-22-9-7-19(25(22,2)12-10-23(21)26)5-4-11-27(29)15-16-30-18-27/h6,19,21-23,28-29H,4-5,7-18H2,1-3H3/t19?,21?,22?,23?,24-,25+,26?,27?/m0/s1. The lowest BCUT2D eigenvalue weighted by Gasteiger charge is -2.59. The zero-order valence-corrected chi connectivity index (χ0v) is 19.6. The van der Waals surface area contributed by atoms with Crippen molar-refractivity contribution in [3.63, 3.8) is 0 Å². The highest BCUT2D eigenvalue weighted by Crippen LogP contribution is 2.67. The number of aliphatic hydroxyl groups is 2. The van der Waals surface area contributed by atoms with Gasteiger partial charge in [-0.25, -0.2) is 0 Å². The van der Waals surface area contributed by atoms with Gasteiger partial charge >= 0.3 is 0 Å². The van der Waals surface area contributed by atoms with Crippen LogP contribution < -0.4 is 0 Å². The van der Waals surface area contributed by atoms with Crippen molar-refractivity contribution in [1.82, 2.24) is 0 Å². The second-order valence-electron chi connectivity index (χ2n) is 12.7. The monoisotopic (exact) mass is 416 g/mol. The first-order valence-corrected chi connectivity index (χ1v) is 12.9. The third kappa shape index (κ3) is 3.42. The molecule has 1 aliphatic heterocycles. The van der Waals surface area contributed by atoms with Crippen LogP contribution in [-0.4, -0.2) is 34.6 Å². The molecule has 30 heavy (non-hydrogen) atoms. The molecule has 3 heteroatoms. The van der Waals surface area contributed by atoms with Crippen LogP contribution in [0.25, 0.3) is 0 Å². The lowest BCUT2D eigenvalue weighted by atomic mass is 9.46. The first kappa shape index (κ1) is 21.5. The summed E-state index contributed by atoms with van der Waals surface area (Å²) in [7, 11) is 0. The van der Waals surface area contributed by atoms with E-state index in [-0.39, 0.29) is 0 Å². The maximum atomic E-state index is 10.7. The van der Waals surface area contributed by atoms with E-state index < -0.39 is 11.2 Å². The van der Waals surface area contributed by atoms with E-state index in [1.807, 2.05) is 6.92 Å². The third-order valence-corrected chi connectivity index (χ3v) is 10.9. The van der Waals surface area contributed by atoms with Crippen LogP contribution in [0, 0.1) is 34.5 Å². The van der Waals surface area contributed by atoms with Gasteiger partial charge in [-0.05, 0) is 106 Å². The maximum Gasteiger partial charge on any atom is 0.0902 e. The van der Waals surface area contributed by atoms with Gasteiger partial charge in [0.25, 0.3) is 0 Å². The molecule has 4 aliphatic carbocycles. The number of fused-ring (bicyclic) bond motifs is 5. The highest BCUT2D eigenvalue weighted by Gasteiger charge is 2.58. The average molecular weight is 417 g/mol. The molecule has 2 N–H and O–H groups in total. The van der Waals surface area contributed by atoms with Crippen LogP contribution in [0.5, 0.6) is 0 Å². The highest BCUT2D eigenvalue weighted by atomic mass is 16.5. The number of ether oxygens (including phenoxy) is 1. The molecule has 170 valence electrons.